The first-order chi connectivity index (χ1) is 14.1. The Morgan fingerprint density at radius 3 is 2.43 bits per heavy atom. The zero-order valence-electron chi connectivity index (χ0n) is 17.0. The lowest BCUT2D eigenvalue weighted by Gasteiger charge is -2.22. The van der Waals surface area contributed by atoms with Crippen LogP contribution in [0.1, 0.15) is 5.56 Å². The van der Waals surface area contributed by atoms with Crippen molar-refractivity contribution < 1.29 is 37.3 Å². The van der Waals surface area contributed by atoms with E-state index in [1.54, 1.807) is 0 Å². The van der Waals surface area contributed by atoms with E-state index in [9.17, 15) is 18.0 Å². The van der Waals surface area contributed by atoms with Crippen LogP contribution in [0.4, 0.5) is 13.2 Å². The van der Waals surface area contributed by atoms with Crippen LogP contribution in [0.5, 0.6) is 0 Å². The fraction of sp³-hybridized carbons (Fsp3) is 0.600. The predicted octanol–water partition coefficient (Wildman–Crippen LogP) is 1.67. The van der Waals surface area contributed by atoms with Crippen molar-refractivity contribution in [2.24, 2.45) is 5.92 Å². The molecule has 10 heteroatoms. The number of rotatable bonds is 6. The van der Waals surface area contributed by atoms with Crippen LogP contribution >= 0.6 is 0 Å². The van der Waals surface area contributed by atoms with Crippen molar-refractivity contribution >= 4 is 11.9 Å². The van der Waals surface area contributed by atoms with E-state index in [0.717, 1.165) is 12.1 Å². The molecular formula is C20H27F3N2O5. The van der Waals surface area contributed by atoms with Gasteiger partial charge in [0, 0.05) is 19.0 Å². The summed E-state index contributed by atoms with van der Waals surface area (Å²) in [7, 11) is 4.07. The van der Waals surface area contributed by atoms with Gasteiger partial charge in [-0.05, 0) is 19.7 Å². The molecule has 1 N–H and O–H groups in total. The van der Waals surface area contributed by atoms with Gasteiger partial charge in [-0.3, -0.25) is 4.79 Å². The number of halogens is 3. The van der Waals surface area contributed by atoms with Crippen molar-refractivity contribution in [3.05, 3.63) is 35.9 Å². The summed E-state index contributed by atoms with van der Waals surface area (Å²) in [6, 6.07) is 10.1. The minimum atomic E-state index is -5.08. The van der Waals surface area contributed by atoms with Crippen LogP contribution in [-0.2, 0) is 25.5 Å². The molecular weight excluding hydrogens is 405 g/mol. The fourth-order valence-corrected chi connectivity index (χ4v) is 3.42. The first-order valence-corrected chi connectivity index (χ1v) is 9.57. The maximum absolute atomic E-state index is 12.7. The molecule has 0 aromatic heterocycles. The van der Waals surface area contributed by atoms with Gasteiger partial charge < -0.3 is 24.4 Å². The highest BCUT2D eigenvalue weighted by molar-refractivity contribution is 5.79. The van der Waals surface area contributed by atoms with Crippen molar-refractivity contribution in [2.45, 2.75) is 24.7 Å². The average Bonchev–Trinajstić information content (AvgIpc) is 3.25. The first kappa shape index (κ1) is 24.1. The molecule has 0 radical (unpaired) electrons. The Kier molecular flexibility index (Phi) is 8.63. The van der Waals surface area contributed by atoms with E-state index >= 15 is 0 Å². The number of likely N-dealkylation sites (tertiary alicyclic amines) is 1. The summed E-state index contributed by atoms with van der Waals surface area (Å²) in [6.45, 7) is 3.62. The predicted molar refractivity (Wildman–Crippen MR) is 102 cm³/mol. The highest BCUT2D eigenvalue weighted by Crippen LogP contribution is 2.32. The molecule has 2 fully saturated rings. The van der Waals surface area contributed by atoms with E-state index in [4.69, 9.17) is 19.4 Å². The molecule has 0 saturated carbocycles. The second-order valence-corrected chi connectivity index (χ2v) is 7.49. The monoisotopic (exact) mass is 432 g/mol. The molecule has 3 rings (SSSR count). The van der Waals surface area contributed by atoms with Crippen LogP contribution in [0, 0.1) is 5.92 Å². The number of carbonyl (C=O) groups excluding carboxylic acids is 1. The summed E-state index contributed by atoms with van der Waals surface area (Å²) in [5, 5.41) is 7.12. The summed E-state index contributed by atoms with van der Waals surface area (Å²) < 4.78 is 43.4. The van der Waals surface area contributed by atoms with E-state index in [2.05, 4.69) is 4.90 Å². The zero-order chi connectivity index (χ0) is 22.3. The van der Waals surface area contributed by atoms with Gasteiger partial charge in [0.25, 0.3) is 0 Å². The molecule has 1 aromatic rings. The smallest absolute Gasteiger partial charge is 0.475 e. The minimum Gasteiger partial charge on any atom is -0.475 e. The number of aliphatic carboxylic acids is 1. The van der Waals surface area contributed by atoms with Crippen LogP contribution < -0.4 is 0 Å². The molecule has 2 saturated heterocycles. The van der Waals surface area contributed by atoms with Crippen LogP contribution in [0.25, 0.3) is 0 Å². The molecule has 2 aliphatic rings. The normalized spacial score (nSPS) is 23.1. The quantitative estimate of drug-likeness (QED) is 0.737. The Bertz CT molecular complexity index is 699. The van der Waals surface area contributed by atoms with E-state index < -0.39 is 12.1 Å². The van der Waals surface area contributed by atoms with Crippen molar-refractivity contribution in [3.8, 4) is 0 Å². The number of carbonyl (C=O) groups is 2. The number of fused-ring (bicyclic) bond motifs is 1. The summed E-state index contributed by atoms with van der Waals surface area (Å²) >= 11 is 0. The molecule has 1 amide bonds. The molecule has 7 nitrogen and oxygen atoms in total. The molecule has 168 valence electrons. The van der Waals surface area contributed by atoms with E-state index in [0.29, 0.717) is 38.7 Å². The van der Waals surface area contributed by atoms with Gasteiger partial charge in [0.2, 0.25) is 5.91 Å². The summed E-state index contributed by atoms with van der Waals surface area (Å²) in [6.07, 6.45) is -4.53. The topological polar surface area (TPSA) is 79.3 Å². The Morgan fingerprint density at radius 2 is 1.87 bits per heavy atom. The molecule has 0 bridgehead atoms. The molecule has 30 heavy (non-hydrogen) atoms. The number of alkyl halides is 3. The Labute approximate surface area is 173 Å². The Morgan fingerprint density at radius 1 is 1.23 bits per heavy atom. The van der Waals surface area contributed by atoms with Gasteiger partial charge in [0.1, 0.15) is 0 Å². The van der Waals surface area contributed by atoms with Crippen molar-refractivity contribution in [1.29, 1.82) is 0 Å². The number of hydrogen-bond donors (Lipinski definition) is 1. The lowest BCUT2D eigenvalue weighted by Crippen LogP contribution is -2.39. The van der Waals surface area contributed by atoms with Gasteiger partial charge in [0.05, 0.1) is 38.4 Å². The van der Waals surface area contributed by atoms with E-state index in [-0.39, 0.29) is 18.1 Å². The van der Waals surface area contributed by atoms with Crippen LogP contribution in [-0.4, -0.2) is 92.1 Å². The van der Waals surface area contributed by atoms with Crippen LogP contribution in [0.3, 0.4) is 0 Å². The number of nitrogens with zero attached hydrogens (tertiary/aromatic N) is 2. The Balaban J connectivity index is 0.000000396. The van der Waals surface area contributed by atoms with Crippen LogP contribution in [0.2, 0.25) is 0 Å². The van der Waals surface area contributed by atoms with Crippen LogP contribution in [0.15, 0.2) is 30.3 Å². The van der Waals surface area contributed by atoms with Gasteiger partial charge in [-0.25, -0.2) is 4.79 Å². The molecule has 2 heterocycles. The molecule has 1 aromatic carbocycles. The maximum Gasteiger partial charge on any atom is 0.490 e. The molecule has 3 atom stereocenters. The highest BCUT2D eigenvalue weighted by Gasteiger charge is 2.47. The van der Waals surface area contributed by atoms with E-state index in [1.165, 1.54) is 0 Å². The van der Waals surface area contributed by atoms with Gasteiger partial charge in [-0.15, -0.1) is 0 Å². The number of benzene rings is 1. The third kappa shape index (κ3) is 6.96. The minimum absolute atomic E-state index is 0.0992. The summed E-state index contributed by atoms with van der Waals surface area (Å²) in [5.41, 5.74) is 1.06. The molecule has 0 spiro atoms. The number of hydrogen-bond acceptors (Lipinski definition) is 5. The number of amides is 1. The highest BCUT2D eigenvalue weighted by atomic mass is 19.4. The lowest BCUT2D eigenvalue weighted by molar-refractivity contribution is -0.192. The zero-order valence-corrected chi connectivity index (χ0v) is 17.0. The fourth-order valence-electron chi connectivity index (χ4n) is 3.42. The number of carboxylic acids is 1. The number of carboxylic acid groups (broad SMARTS) is 1. The standard InChI is InChI=1S/C18H26N2O3.C2HF3O2/c1-19(2)8-9-23-17-11-20(16-13-22-12-15(16)17)18(21)10-14-6-4-3-5-7-14;3-2(4,5)1(6)7/h3-7,15-17H,8-13H2,1-2H3;(H,6,7)/t15-,16+,17-;/m0./s1. The SMILES string of the molecule is CN(C)CCO[C@H]1CN(C(=O)Cc2ccccc2)[C@@H]2COC[C@H]12.O=C(O)C(F)(F)F. The van der Waals surface area contributed by atoms with Gasteiger partial charge in [0.15, 0.2) is 0 Å². The average molecular weight is 432 g/mol. The second kappa shape index (κ2) is 10.7. The van der Waals surface area contributed by atoms with Gasteiger partial charge in [-0.2, -0.15) is 13.2 Å². The first-order valence-electron chi connectivity index (χ1n) is 9.57. The second-order valence-electron chi connectivity index (χ2n) is 7.49. The van der Waals surface area contributed by atoms with Crippen molar-refractivity contribution in [3.63, 3.8) is 0 Å². The summed E-state index contributed by atoms with van der Waals surface area (Å²) in [4.78, 5) is 25.7. The van der Waals surface area contributed by atoms with E-state index in [1.807, 2.05) is 49.3 Å². The molecule has 2 aliphatic heterocycles. The lowest BCUT2D eigenvalue weighted by atomic mass is 10.0. The number of ether oxygens (including phenoxy) is 2. The molecule has 0 unspecified atom stereocenters. The molecule has 0 aliphatic carbocycles. The maximum atomic E-state index is 12.7. The largest absolute Gasteiger partial charge is 0.490 e. The van der Waals surface area contributed by atoms with Gasteiger partial charge in [-0.1, -0.05) is 30.3 Å². The van der Waals surface area contributed by atoms with Crippen molar-refractivity contribution in [2.75, 3.05) is 47.0 Å². The van der Waals surface area contributed by atoms with Gasteiger partial charge >= 0.3 is 12.1 Å². The van der Waals surface area contributed by atoms with Crippen molar-refractivity contribution in [1.82, 2.24) is 9.80 Å². The third-order valence-corrected chi connectivity index (χ3v) is 4.98. The third-order valence-electron chi connectivity index (χ3n) is 4.98. The summed E-state index contributed by atoms with van der Waals surface area (Å²) in [5.74, 6) is -2.26. The number of likely N-dealkylation sites (N-methyl/N-ethyl adjacent to an activating group) is 1. The Hall–Kier alpha value is -2.17.